The molecule has 78 valence electrons. The van der Waals surface area contributed by atoms with Crippen LogP contribution in [0.1, 0.15) is 39.5 Å². The molecule has 3 nitrogen and oxygen atoms in total. The van der Waals surface area contributed by atoms with Crippen LogP contribution in [0.15, 0.2) is 0 Å². The van der Waals surface area contributed by atoms with E-state index < -0.39 is 0 Å². The average molecular weight is 188 g/mol. The van der Waals surface area contributed by atoms with Crippen LogP contribution in [0.2, 0.25) is 0 Å². The van der Waals surface area contributed by atoms with E-state index in [-0.39, 0.29) is 5.97 Å². The fourth-order valence-electron chi connectivity index (χ4n) is 1.09. The van der Waals surface area contributed by atoms with Gasteiger partial charge in [0, 0.05) is 13.0 Å². The predicted octanol–water partition coefficient (Wildman–Crippen LogP) is 2.14. The minimum absolute atomic E-state index is 0.160. The Hall–Kier alpha value is -0.570. The molecule has 0 rings (SSSR count). The van der Waals surface area contributed by atoms with Crippen molar-refractivity contribution >= 4 is 5.97 Å². The molecule has 3 heteroatoms. The Bertz CT molecular complexity index is 134. The lowest BCUT2D eigenvalue weighted by Crippen LogP contribution is -2.10. The highest BCUT2D eigenvalue weighted by Gasteiger charge is 2.02. The fraction of sp³-hybridized carbons (Fsp3) is 0.900. The first-order valence-corrected chi connectivity index (χ1v) is 4.89. The molecule has 0 spiro atoms. The van der Waals surface area contributed by atoms with E-state index in [0.717, 1.165) is 19.3 Å². The molecule has 0 amide bonds. The topological polar surface area (TPSA) is 35.5 Å². The molecule has 0 bridgehead atoms. The molecule has 1 atom stereocenters. The first-order valence-electron chi connectivity index (χ1n) is 4.89. The van der Waals surface area contributed by atoms with Crippen molar-refractivity contribution in [1.82, 2.24) is 0 Å². The van der Waals surface area contributed by atoms with Crippen LogP contribution in [0.4, 0.5) is 0 Å². The van der Waals surface area contributed by atoms with Gasteiger partial charge in [-0.25, -0.2) is 0 Å². The van der Waals surface area contributed by atoms with Crippen LogP contribution >= 0.6 is 0 Å². The van der Waals surface area contributed by atoms with Crippen LogP contribution in [0.25, 0.3) is 0 Å². The van der Waals surface area contributed by atoms with E-state index in [1.807, 2.05) is 0 Å². The summed E-state index contributed by atoms with van der Waals surface area (Å²) >= 11 is 0. The predicted molar refractivity (Wildman–Crippen MR) is 51.6 cm³/mol. The van der Waals surface area contributed by atoms with E-state index in [9.17, 15) is 4.79 Å². The molecule has 0 aromatic heterocycles. The molecule has 0 N–H and O–H groups in total. The lowest BCUT2D eigenvalue weighted by Gasteiger charge is -2.10. The minimum atomic E-state index is -0.160. The summed E-state index contributed by atoms with van der Waals surface area (Å²) in [4.78, 5) is 10.7. The highest BCUT2D eigenvalue weighted by atomic mass is 16.5. The smallest absolute Gasteiger partial charge is 0.305 e. The van der Waals surface area contributed by atoms with Crippen molar-refractivity contribution in [1.29, 1.82) is 0 Å². The van der Waals surface area contributed by atoms with Crippen molar-refractivity contribution < 1.29 is 14.3 Å². The third-order valence-electron chi connectivity index (χ3n) is 1.85. The zero-order chi connectivity index (χ0) is 10.1. The number of ether oxygens (including phenoxy) is 2. The largest absolute Gasteiger partial charge is 0.469 e. The number of rotatable bonds is 7. The van der Waals surface area contributed by atoms with E-state index in [4.69, 9.17) is 4.74 Å². The number of methoxy groups -OCH3 is 1. The Balaban J connectivity index is 3.20. The maximum absolute atomic E-state index is 10.7. The van der Waals surface area contributed by atoms with Gasteiger partial charge in [0.25, 0.3) is 0 Å². The van der Waals surface area contributed by atoms with Crippen molar-refractivity contribution in [3.05, 3.63) is 0 Å². The molecule has 0 radical (unpaired) electrons. The third kappa shape index (κ3) is 7.78. The summed E-state index contributed by atoms with van der Waals surface area (Å²) < 4.78 is 9.98. The zero-order valence-electron chi connectivity index (χ0n) is 8.84. The molecular formula is C10H20O3. The molecule has 0 aromatic rings. The molecule has 0 heterocycles. The molecule has 13 heavy (non-hydrogen) atoms. The highest BCUT2D eigenvalue weighted by Crippen LogP contribution is 2.02. The molecule has 0 fully saturated rings. The number of hydrogen-bond acceptors (Lipinski definition) is 3. The molecule has 0 saturated heterocycles. The Morgan fingerprint density at radius 1 is 1.46 bits per heavy atom. The summed E-state index contributed by atoms with van der Waals surface area (Å²) in [6, 6.07) is 0. The molecule has 1 unspecified atom stereocenters. The van der Waals surface area contributed by atoms with Crippen molar-refractivity contribution in [2.45, 2.75) is 45.6 Å². The highest BCUT2D eigenvalue weighted by molar-refractivity contribution is 5.68. The van der Waals surface area contributed by atoms with Crippen LogP contribution in [-0.2, 0) is 14.3 Å². The molecule has 0 aliphatic carbocycles. The number of hydrogen-bond donors (Lipinski definition) is 0. The monoisotopic (exact) mass is 188 g/mol. The van der Waals surface area contributed by atoms with Gasteiger partial charge in [-0.3, -0.25) is 4.79 Å². The first kappa shape index (κ1) is 12.4. The molecule has 0 saturated carbocycles. The van der Waals surface area contributed by atoms with Crippen molar-refractivity contribution in [3.63, 3.8) is 0 Å². The maximum Gasteiger partial charge on any atom is 0.305 e. The normalized spacial score (nSPS) is 12.5. The number of carbonyl (C=O) groups excluding carboxylic acids is 1. The van der Waals surface area contributed by atoms with E-state index >= 15 is 0 Å². The Kier molecular flexibility index (Phi) is 7.69. The summed E-state index contributed by atoms with van der Waals surface area (Å²) in [7, 11) is 1.41. The molecule has 0 aliphatic rings. The fourth-order valence-corrected chi connectivity index (χ4v) is 1.09. The molecule has 0 aliphatic heterocycles. The van der Waals surface area contributed by atoms with Gasteiger partial charge in [0.2, 0.25) is 0 Å². The van der Waals surface area contributed by atoms with E-state index in [2.05, 4.69) is 18.6 Å². The van der Waals surface area contributed by atoms with Crippen LogP contribution in [-0.4, -0.2) is 25.8 Å². The number of esters is 1. The summed E-state index contributed by atoms with van der Waals surface area (Å²) in [5.74, 6) is -0.160. The Labute approximate surface area is 80.4 Å². The van der Waals surface area contributed by atoms with Gasteiger partial charge < -0.3 is 9.47 Å². The van der Waals surface area contributed by atoms with Gasteiger partial charge in [-0.2, -0.15) is 0 Å². The Morgan fingerprint density at radius 3 is 2.69 bits per heavy atom. The zero-order valence-corrected chi connectivity index (χ0v) is 8.84. The summed E-state index contributed by atoms with van der Waals surface area (Å²) in [6.45, 7) is 4.84. The van der Waals surface area contributed by atoms with Crippen molar-refractivity contribution in [2.24, 2.45) is 0 Å². The van der Waals surface area contributed by atoms with Gasteiger partial charge >= 0.3 is 5.97 Å². The van der Waals surface area contributed by atoms with Crippen LogP contribution in [0.3, 0.4) is 0 Å². The van der Waals surface area contributed by atoms with E-state index in [1.54, 1.807) is 0 Å². The second-order valence-corrected chi connectivity index (χ2v) is 3.15. The van der Waals surface area contributed by atoms with Gasteiger partial charge in [0.05, 0.1) is 13.2 Å². The SMILES string of the molecule is CCCC(C)OCCCC(=O)OC. The van der Waals surface area contributed by atoms with Gasteiger partial charge in [0.1, 0.15) is 0 Å². The second kappa shape index (κ2) is 8.05. The van der Waals surface area contributed by atoms with Gasteiger partial charge in [-0.05, 0) is 19.8 Å². The van der Waals surface area contributed by atoms with Crippen LogP contribution in [0, 0.1) is 0 Å². The van der Waals surface area contributed by atoms with Crippen LogP contribution in [0.5, 0.6) is 0 Å². The van der Waals surface area contributed by atoms with Gasteiger partial charge in [-0.15, -0.1) is 0 Å². The van der Waals surface area contributed by atoms with Gasteiger partial charge in [-0.1, -0.05) is 13.3 Å². The third-order valence-corrected chi connectivity index (χ3v) is 1.85. The Morgan fingerprint density at radius 2 is 2.15 bits per heavy atom. The van der Waals surface area contributed by atoms with Crippen LogP contribution < -0.4 is 0 Å². The summed E-state index contributed by atoms with van der Waals surface area (Å²) in [5, 5.41) is 0. The standard InChI is InChI=1S/C10H20O3/c1-4-6-9(2)13-8-5-7-10(11)12-3/h9H,4-8H2,1-3H3. The minimum Gasteiger partial charge on any atom is -0.469 e. The quantitative estimate of drug-likeness (QED) is 0.453. The summed E-state index contributed by atoms with van der Waals surface area (Å²) in [5.41, 5.74) is 0. The van der Waals surface area contributed by atoms with E-state index in [0.29, 0.717) is 19.1 Å². The summed E-state index contributed by atoms with van der Waals surface area (Å²) in [6.07, 6.45) is 3.73. The lowest BCUT2D eigenvalue weighted by molar-refractivity contribution is -0.141. The lowest BCUT2D eigenvalue weighted by atomic mass is 10.2. The number of carbonyl (C=O) groups is 1. The second-order valence-electron chi connectivity index (χ2n) is 3.15. The molecule has 0 aromatic carbocycles. The first-order chi connectivity index (χ1) is 6.20. The molecular weight excluding hydrogens is 168 g/mol. The van der Waals surface area contributed by atoms with Gasteiger partial charge in [0.15, 0.2) is 0 Å². The van der Waals surface area contributed by atoms with E-state index in [1.165, 1.54) is 7.11 Å². The van der Waals surface area contributed by atoms with Crippen molar-refractivity contribution in [3.8, 4) is 0 Å². The average Bonchev–Trinajstić information content (AvgIpc) is 2.12. The van der Waals surface area contributed by atoms with Crippen molar-refractivity contribution in [2.75, 3.05) is 13.7 Å². The maximum atomic E-state index is 10.7.